The van der Waals surface area contributed by atoms with Crippen molar-refractivity contribution in [2.24, 2.45) is 0 Å². The van der Waals surface area contributed by atoms with Gasteiger partial charge in [-0.2, -0.15) is 0 Å². The Morgan fingerprint density at radius 2 is 0.952 bits per heavy atom. The monoisotopic (exact) mass is 549 g/mol. The molecule has 2 nitrogen and oxygen atoms in total. The Bertz CT molecular complexity index is 3070. The van der Waals surface area contributed by atoms with Crippen molar-refractivity contribution in [1.29, 1.82) is 0 Å². The Kier molecular flexibility index (Phi) is 2.95. The minimum absolute atomic E-state index is 0.0247. The van der Waals surface area contributed by atoms with E-state index in [1.54, 1.807) is 12.1 Å². The number of para-hydroxylation sites is 1. The molecule has 0 fully saturated rings. The van der Waals surface area contributed by atoms with E-state index in [-0.39, 0.29) is 38.4 Å². The van der Waals surface area contributed by atoms with Gasteiger partial charge < -0.3 is 8.83 Å². The van der Waals surface area contributed by atoms with E-state index in [1.807, 2.05) is 54.6 Å². The van der Waals surface area contributed by atoms with Crippen molar-refractivity contribution in [3.63, 3.8) is 0 Å². The maximum Gasteiger partial charge on any atom is 0.144 e. The standard InChI is InChI=1S/C40H24O2/c1-3-13-25(14-4-1)35-27-17-7-9-19-29(27)37(30-20-10-8-18-28(30)35)40-36(26-15-5-2-6-16-26)39-34(42-40)24-23-33-38(39)31-21-11-12-22-32(31)41-33/h1-24H/i1D,3D,4D,7D,8D,9D,10D,13D,14D,17D,18D,19D,20D. The van der Waals surface area contributed by atoms with Crippen molar-refractivity contribution in [2.75, 3.05) is 0 Å². The molecule has 0 saturated heterocycles. The zero-order valence-electron chi connectivity index (χ0n) is 34.7. The average molecular weight is 550 g/mol. The van der Waals surface area contributed by atoms with Gasteiger partial charge in [0, 0.05) is 27.3 Å². The molecule has 42 heavy (non-hydrogen) atoms. The number of hydrogen-bond donors (Lipinski definition) is 0. The molecule has 9 rings (SSSR count). The first-order valence-electron chi connectivity index (χ1n) is 19.7. The molecule has 0 amide bonds. The summed E-state index contributed by atoms with van der Waals surface area (Å²) in [4.78, 5) is 0. The molecule has 7 aromatic carbocycles. The van der Waals surface area contributed by atoms with E-state index >= 15 is 0 Å². The van der Waals surface area contributed by atoms with Crippen molar-refractivity contribution >= 4 is 54.5 Å². The first-order chi connectivity index (χ1) is 26.3. The lowest BCUT2D eigenvalue weighted by molar-refractivity contribution is 0.633. The van der Waals surface area contributed by atoms with E-state index in [4.69, 9.17) is 21.2 Å². The Hall–Kier alpha value is -5.60. The normalized spacial score (nSPS) is 16.1. The van der Waals surface area contributed by atoms with E-state index < -0.39 is 84.1 Å². The van der Waals surface area contributed by atoms with Crippen LogP contribution < -0.4 is 0 Å². The largest absolute Gasteiger partial charge is 0.456 e. The van der Waals surface area contributed by atoms with Crippen LogP contribution in [0.5, 0.6) is 0 Å². The lowest BCUT2D eigenvalue weighted by Crippen LogP contribution is -1.91. The molecule has 2 heterocycles. The SMILES string of the molecule is [2H]c1c([2H])c([2H])c(-c2c3c([2H])c([2H])c([2H])c([2H])c3c(-c3oc4ccc5oc6ccccc6c5c4c3-c3ccccc3)c3c([2H])c([2H])c([2H])c([2H])c23)c([2H])c1[2H]. The minimum atomic E-state index is -0.733. The summed E-state index contributed by atoms with van der Waals surface area (Å²) in [5, 5.41) is 0.967. The lowest BCUT2D eigenvalue weighted by atomic mass is 9.86. The molecule has 0 saturated carbocycles. The highest BCUT2D eigenvalue weighted by atomic mass is 16.3. The maximum atomic E-state index is 9.38. The van der Waals surface area contributed by atoms with Gasteiger partial charge in [0.1, 0.15) is 22.5 Å². The molecule has 0 unspecified atom stereocenters. The van der Waals surface area contributed by atoms with Crippen LogP contribution >= 0.6 is 0 Å². The van der Waals surface area contributed by atoms with E-state index in [0.717, 1.165) is 5.39 Å². The summed E-state index contributed by atoms with van der Waals surface area (Å²) in [6.45, 7) is 0. The second-order valence-corrected chi connectivity index (χ2v) is 9.83. The molecule has 0 aliphatic carbocycles. The molecule has 196 valence electrons. The van der Waals surface area contributed by atoms with Gasteiger partial charge in [0.25, 0.3) is 0 Å². The van der Waals surface area contributed by atoms with Gasteiger partial charge in [-0.05, 0) is 56.4 Å². The van der Waals surface area contributed by atoms with Crippen LogP contribution in [-0.2, 0) is 0 Å². The molecule has 0 radical (unpaired) electrons. The average Bonchev–Trinajstić information content (AvgIpc) is 3.77. The van der Waals surface area contributed by atoms with E-state index in [2.05, 4.69) is 0 Å². The van der Waals surface area contributed by atoms with Gasteiger partial charge in [-0.15, -0.1) is 0 Å². The topological polar surface area (TPSA) is 26.3 Å². The van der Waals surface area contributed by atoms with Gasteiger partial charge in [0.15, 0.2) is 0 Å². The first kappa shape index (κ1) is 13.8. The molecule has 9 aromatic rings. The van der Waals surface area contributed by atoms with Crippen molar-refractivity contribution < 1.29 is 26.7 Å². The third-order valence-electron chi connectivity index (χ3n) is 7.61. The van der Waals surface area contributed by atoms with Gasteiger partial charge in [-0.25, -0.2) is 0 Å². The fourth-order valence-electron chi connectivity index (χ4n) is 5.94. The summed E-state index contributed by atoms with van der Waals surface area (Å²) >= 11 is 0. The van der Waals surface area contributed by atoms with Gasteiger partial charge in [0.2, 0.25) is 0 Å². The summed E-state index contributed by atoms with van der Waals surface area (Å²) < 4.78 is 129. The minimum Gasteiger partial charge on any atom is -0.456 e. The number of furan rings is 2. The smallest absolute Gasteiger partial charge is 0.144 e. The van der Waals surface area contributed by atoms with E-state index in [9.17, 15) is 5.48 Å². The zero-order valence-corrected chi connectivity index (χ0v) is 21.7. The highest BCUT2D eigenvalue weighted by Gasteiger charge is 2.26. The van der Waals surface area contributed by atoms with Crippen LogP contribution in [0.4, 0.5) is 0 Å². The zero-order chi connectivity index (χ0) is 38.9. The van der Waals surface area contributed by atoms with Crippen LogP contribution in [0.2, 0.25) is 0 Å². The molecule has 0 atom stereocenters. The second-order valence-electron chi connectivity index (χ2n) is 9.83. The summed E-state index contributed by atoms with van der Waals surface area (Å²) in [5.74, 6) is 0.0247. The Morgan fingerprint density at radius 1 is 0.381 bits per heavy atom. The Labute approximate surface area is 260 Å². The molecule has 2 aromatic heterocycles. The van der Waals surface area contributed by atoms with Crippen LogP contribution in [0.15, 0.2) is 154 Å². The van der Waals surface area contributed by atoms with Crippen LogP contribution in [0.3, 0.4) is 0 Å². The highest BCUT2D eigenvalue weighted by Crippen LogP contribution is 2.51. The van der Waals surface area contributed by atoms with Crippen molar-refractivity contribution in [3.05, 3.63) is 145 Å². The molecular formula is C40H24O2. The molecule has 0 aliphatic rings. The summed E-state index contributed by atoms with van der Waals surface area (Å²) in [6.07, 6.45) is 0. The Morgan fingerprint density at radius 3 is 1.64 bits per heavy atom. The molecule has 2 heteroatoms. The molecular weight excluding hydrogens is 512 g/mol. The van der Waals surface area contributed by atoms with Gasteiger partial charge >= 0.3 is 0 Å². The van der Waals surface area contributed by atoms with Crippen LogP contribution in [0.1, 0.15) is 17.8 Å². The van der Waals surface area contributed by atoms with Gasteiger partial charge in [-0.1, -0.05) is 127 Å². The van der Waals surface area contributed by atoms with Gasteiger partial charge in [-0.3, -0.25) is 0 Å². The highest BCUT2D eigenvalue weighted by molar-refractivity contribution is 6.27. The third-order valence-corrected chi connectivity index (χ3v) is 7.61. The van der Waals surface area contributed by atoms with Crippen LogP contribution in [0.25, 0.3) is 88.0 Å². The van der Waals surface area contributed by atoms with Gasteiger partial charge in [0.05, 0.1) is 17.8 Å². The fourth-order valence-corrected chi connectivity index (χ4v) is 5.94. The summed E-state index contributed by atoms with van der Waals surface area (Å²) in [7, 11) is 0. The maximum absolute atomic E-state index is 9.38. The van der Waals surface area contributed by atoms with Crippen LogP contribution in [-0.4, -0.2) is 0 Å². The second kappa shape index (κ2) is 8.95. The quantitative estimate of drug-likeness (QED) is 0.205. The van der Waals surface area contributed by atoms with E-state index in [1.165, 1.54) is 0 Å². The fraction of sp³-hybridized carbons (Fsp3) is 0. The first-order valence-corrected chi connectivity index (χ1v) is 13.2. The Balaban J connectivity index is 1.64. The number of rotatable bonds is 3. The molecule has 0 N–H and O–H groups in total. The van der Waals surface area contributed by atoms with E-state index in [0.29, 0.717) is 38.6 Å². The predicted octanol–water partition coefficient (Wildman–Crippen LogP) is 11.6. The third kappa shape index (κ3) is 3.27. The number of benzene rings is 7. The number of hydrogen-bond acceptors (Lipinski definition) is 2. The predicted molar refractivity (Wildman–Crippen MR) is 175 cm³/mol. The molecule has 0 bridgehead atoms. The summed E-state index contributed by atoms with van der Waals surface area (Å²) in [5.41, 5.74) is 1.63. The van der Waals surface area contributed by atoms with Crippen molar-refractivity contribution in [1.82, 2.24) is 0 Å². The molecule has 0 spiro atoms. The van der Waals surface area contributed by atoms with Crippen molar-refractivity contribution in [3.8, 4) is 33.6 Å². The number of fused-ring (bicyclic) bond motifs is 7. The molecule has 0 aliphatic heterocycles. The lowest BCUT2D eigenvalue weighted by Gasteiger charge is -2.17. The summed E-state index contributed by atoms with van der Waals surface area (Å²) in [6, 6.07) is 11.2. The van der Waals surface area contributed by atoms with Crippen LogP contribution in [0, 0.1) is 0 Å². The van der Waals surface area contributed by atoms with Crippen molar-refractivity contribution in [2.45, 2.75) is 0 Å².